The van der Waals surface area contributed by atoms with Gasteiger partial charge in [-0.1, -0.05) is 12.1 Å². The zero-order valence-corrected chi connectivity index (χ0v) is 26.9. The second kappa shape index (κ2) is 13.5. The van der Waals surface area contributed by atoms with E-state index in [1.807, 2.05) is 6.92 Å². The van der Waals surface area contributed by atoms with E-state index in [1.165, 1.54) is 36.1 Å². The number of rotatable bonds is 7. The van der Waals surface area contributed by atoms with Crippen LogP contribution < -0.4 is 5.32 Å². The van der Waals surface area contributed by atoms with Gasteiger partial charge in [0.25, 0.3) is 0 Å². The number of amides is 3. The van der Waals surface area contributed by atoms with Gasteiger partial charge in [0.2, 0.25) is 17.7 Å². The lowest BCUT2D eigenvalue weighted by molar-refractivity contribution is -0.148. The minimum Gasteiger partial charge on any atom is -0.368 e. The van der Waals surface area contributed by atoms with Crippen molar-refractivity contribution in [1.82, 2.24) is 15.1 Å². The van der Waals surface area contributed by atoms with Crippen LogP contribution in [0.1, 0.15) is 73.8 Å². The number of halogens is 8. The molecular weight excluding hydrogens is 671 g/mol. The Morgan fingerprint density at radius 2 is 1.60 bits per heavy atom. The highest BCUT2D eigenvalue weighted by atomic mass is 35.5. The molecule has 1 N–H and O–H groups in total. The van der Waals surface area contributed by atoms with Crippen LogP contribution in [-0.4, -0.2) is 70.7 Å². The molecule has 7 nitrogen and oxygen atoms in total. The van der Waals surface area contributed by atoms with Crippen molar-refractivity contribution in [2.45, 2.75) is 81.6 Å². The summed E-state index contributed by atoms with van der Waals surface area (Å²) in [7, 11) is 0. The van der Waals surface area contributed by atoms with Gasteiger partial charge in [-0.2, -0.15) is 26.3 Å². The summed E-state index contributed by atoms with van der Waals surface area (Å²) in [4.78, 5) is 42.3. The van der Waals surface area contributed by atoms with E-state index >= 15 is 0 Å². The molecule has 0 aliphatic carbocycles. The highest BCUT2D eigenvalue weighted by Gasteiger charge is 2.51. The highest BCUT2D eigenvalue weighted by Crippen LogP contribution is 2.45. The fraction of sp³-hybridized carbons (Fsp3) is 0.545. The molecule has 2 aromatic carbocycles. The molecule has 3 heterocycles. The van der Waals surface area contributed by atoms with E-state index < -0.39 is 64.9 Å². The van der Waals surface area contributed by atoms with Crippen LogP contribution in [0.5, 0.6) is 0 Å². The van der Waals surface area contributed by atoms with Crippen molar-refractivity contribution in [2.75, 3.05) is 25.5 Å². The van der Waals surface area contributed by atoms with Crippen molar-refractivity contribution in [2.24, 2.45) is 5.92 Å². The summed E-state index contributed by atoms with van der Waals surface area (Å²) in [6.45, 7) is 3.88. The first-order valence-corrected chi connectivity index (χ1v) is 16.1. The predicted molar refractivity (Wildman–Crippen MR) is 160 cm³/mol. The van der Waals surface area contributed by atoms with Crippen molar-refractivity contribution in [1.29, 1.82) is 0 Å². The van der Waals surface area contributed by atoms with Crippen molar-refractivity contribution in [3.8, 4) is 0 Å². The number of fused-ring (bicyclic) bond motifs is 1. The molecule has 48 heavy (non-hydrogen) atoms. The van der Waals surface area contributed by atoms with Gasteiger partial charge in [-0.3, -0.25) is 14.4 Å². The Labute approximate surface area is 277 Å². The van der Waals surface area contributed by atoms with Gasteiger partial charge in [0, 0.05) is 49.5 Å². The lowest BCUT2D eigenvalue weighted by atomic mass is 9.80. The van der Waals surface area contributed by atoms with Gasteiger partial charge >= 0.3 is 12.4 Å². The summed E-state index contributed by atoms with van der Waals surface area (Å²) in [6.07, 6.45) is -11.1. The first-order valence-electron chi connectivity index (χ1n) is 15.5. The number of hydrogen-bond acceptors (Lipinski definition) is 4. The molecule has 5 rings (SSSR count). The number of carbonyl (C=O) groups excluding carboxylic acids is 3. The first-order chi connectivity index (χ1) is 22.4. The molecule has 3 amide bonds. The summed E-state index contributed by atoms with van der Waals surface area (Å²) in [5.74, 6) is -2.96. The lowest BCUT2D eigenvalue weighted by Crippen LogP contribution is -2.56. The van der Waals surface area contributed by atoms with Crippen molar-refractivity contribution in [3.63, 3.8) is 0 Å². The third-order valence-corrected chi connectivity index (χ3v) is 9.91. The molecule has 2 aromatic rings. The molecule has 0 radical (unpaired) electrons. The molecule has 5 atom stereocenters. The molecule has 0 bridgehead atoms. The van der Waals surface area contributed by atoms with Gasteiger partial charge in [-0.15, -0.1) is 11.6 Å². The van der Waals surface area contributed by atoms with E-state index in [4.69, 9.17) is 16.3 Å². The van der Waals surface area contributed by atoms with Gasteiger partial charge in [-0.05, 0) is 74.6 Å². The average Bonchev–Trinajstić information content (AvgIpc) is 3.38. The molecule has 3 saturated heterocycles. The second-order valence-corrected chi connectivity index (χ2v) is 13.3. The summed E-state index contributed by atoms with van der Waals surface area (Å²) in [5.41, 5.74) is -3.29. The Balaban J connectivity index is 1.38. The molecule has 0 saturated carbocycles. The number of piperidine rings is 2. The average molecular weight is 706 g/mol. The number of benzene rings is 2. The van der Waals surface area contributed by atoms with Crippen molar-refractivity contribution >= 4 is 29.3 Å². The zero-order chi connectivity index (χ0) is 35.2. The topological polar surface area (TPSA) is 79.0 Å². The summed E-state index contributed by atoms with van der Waals surface area (Å²) in [6, 6.07) is 6.07. The molecule has 2 unspecified atom stereocenters. The van der Waals surface area contributed by atoms with E-state index in [0.717, 1.165) is 0 Å². The van der Waals surface area contributed by atoms with Crippen LogP contribution in [0.4, 0.5) is 30.7 Å². The molecule has 0 spiro atoms. The number of hydrogen-bond donors (Lipinski definition) is 1. The Morgan fingerprint density at radius 1 is 1.02 bits per heavy atom. The summed E-state index contributed by atoms with van der Waals surface area (Å²) < 4.78 is 102. The van der Waals surface area contributed by atoms with Crippen LogP contribution in [0.25, 0.3) is 0 Å². The van der Waals surface area contributed by atoms with E-state index in [1.54, 1.807) is 4.90 Å². The standard InChI is InChI=1S/C33H35ClF7N3O4/c1-18(20-11-22(32(36,37)38)15-23(12-20)33(39,40)41)48-26-17-44-25(29(26)19-3-5-24(35)6-4-19)13-21(14-28(44)46)30(47)43-9-7-31(2,8-10-43)42-27(45)16-34/h3-6,11-12,15,18,21,25-26,29H,7-10,13-14,16-17H2,1-2H3,(H,42,45)/t18-,21?,25+,26+,29?/m1/s1. The van der Waals surface area contributed by atoms with Gasteiger partial charge in [-0.25, -0.2) is 4.39 Å². The van der Waals surface area contributed by atoms with E-state index in [2.05, 4.69) is 5.32 Å². The third kappa shape index (κ3) is 7.74. The van der Waals surface area contributed by atoms with Crippen molar-refractivity contribution in [3.05, 3.63) is 70.5 Å². The Bertz CT molecular complexity index is 1490. The maximum Gasteiger partial charge on any atom is 0.416 e. The summed E-state index contributed by atoms with van der Waals surface area (Å²) >= 11 is 5.63. The van der Waals surface area contributed by atoms with Crippen LogP contribution in [-0.2, 0) is 31.5 Å². The minimum absolute atomic E-state index is 0.0236. The largest absolute Gasteiger partial charge is 0.416 e. The molecule has 3 fully saturated rings. The van der Waals surface area contributed by atoms with Gasteiger partial charge in [0.05, 0.1) is 23.3 Å². The van der Waals surface area contributed by atoms with Crippen LogP contribution in [0, 0.1) is 11.7 Å². The van der Waals surface area contributed by atoms with E-state index in [9.17, 15) is 45.1 Å². The normalized spacial score (nSPS) is 25.1. The molecule has 3 aliphatic heterocycles. The van der Waals surface area contributed by atoms with E-state index in [0.29, 0.717) is 43.6 Å². The Morgan fingerprint density at radius 3 is 2.15 bits per heavy atom. The van der Waals surface area contributed by atoms with E-state index in [-0.39, 0.29) is 54.6 Å². The van der Waals surface area contributed by atoms with Gasteiger partial charge in [0.15, 0.2) is 0 Å². The Hall–Kier alpha value is -3.39. The zero-order valence-electron chi connectivity index (χ0n) is 26.1. The molecule has 0 aromatic heterocycles. The maximum absolute atomic E-state index is 13.9. The molecule has 262 valence electrons. The molecule has 15 heteroatoms. The number of carbonyl (C=O) groups is 3. The molecular formula is C33H35ClF7N3O4. The predicted octanol–water partition coefficient (Wildman–Crippen LogP) is 6.45. The summed E-state index contributed by atoms with van der Waals surface area (Å²) in [5, 5.41) is 2.88. The van der Waals surface area contributed by atoms with Crippen LogP contribution in [0.3, 0.4) is 0 Å². The maximum atomic E-state index is 13.9. The number of nitrogens with zero attached hydrogens (tertiary/aromatic N) is 2. The second-order valence-electron chi connectivity index (χ2n) is 13.1. The van der Waals surface area contributed by atoms with Crippen molar-refractivity contribution < 1.29 is 49.9 Å². The number of nitrogens with one attached hydrogen (secondary N) is 1. The third-order valence-electron chi connectivity index (χ3n) is 9.66. The van der Waals surface area contributed by atoms with Gasteiger partial charge < -0.3 is 19.9 Å². The van der Waals surface area contributed by atoms with Crippen LogP contribution in [0.2, 0.25) is 0 Å². The number of ether oxygens (including phenoxy) is 1. The number of alkyl halides is 7. The Kier molecular flexibility index (Phi) is 10.1. The fourth-order valence-electron chi connectivity index (χ4n) is 7.11. The lowest BCUT2D eigenvalue weighted by Gasteiger charge is -2.42. The molecule has 3 aliphatic rings. The van der Waals surface area contributed by atoms with Crippen LogP contribution >= 0.6 is 11.6 Å². The minimum atomic E-state index is -5.04. The van der Waals surface area contributed by atoms with Crippen LogP contribution in [0.15, 0.2) is 42.5 Å². The highest BCUT2D eigenvalue weighted by molar-refractivity contribution is 6.27. The smallest absolute Gasteiger partial charge is 0.368 e. The SMILES string of the molecule is C[C@@H](O[C@H]1CN2C(=O)CC(C(=O)N3CCC(C)(NC(=O)CCl)CC3)C[C@H]2C1c1ccc(F)cc1)c1cc(C(F)(F)F)cc(C(F)(F)F)c1. The first kappa shape index (κ1) is 35.9. The number of likely N-dealkylation sites (tertiary alicyclic amines) is 1. The quantitative estimate of drug-likeness (QED) is 0.266. The fourth-order valence-corrected chi connectivity index (χ4v) is 7.18. The van der Waals surface area contributed by atoms with Gasteiger partial charge in [0.1, 0.15) is 11.7 Å². The monoisotopic (exact) mass is 705 g/mol.